The molecule has 2 aliphatic rings. The Bertz CT molecular complexity index is 791. The van der Waals surface area contributed by atoms with Crippen LogP contribution in [0.15, 0.2) is 18.2 Å². The molecular weight excluding hydrogens is 399 g/mol. The van der Waals surface area contributed by atoms with Crippen molar-refractivity contribution < 1.29 is 22.9 Å². The van der Waals surface area contributed by atoms with E-state index in [0.717, 1.165) is 25.0 Å². The van der Waals surface area contributed by atoms with E-state index in [1.165, 1.54) is 6.42 Å². The number of carbonyl (C=O) groups is 1. The molecule has 1 aromatic rings. The summed E-state index contributed by atoms with van der Waals surface area (Å²) in [7, 11) is 0. The minimum absolute atomic E-state index is 0.0162. The number of nitro benzene ring substituents is 1. The first-order valence-corrected chi connectivity index (χ1v) is 10.5. The van der Waals surface area contributed by atoms with Crippen LogP contribution in [0.3, 0.4) is 0 Å². The summed E-state index contributed by atoms with van der Waals surface area (Å²) in [4.78, 5) is 25.0. The van der Waals surface area contributed by atoms with Crippen molar-refractivity contribution in [2.45, 2.75) is 58.2 Å². The average Bonchev–Trinajstić information content (AvgIpc) is 2.70. The van der Waals surface area contributed by atoms with Gasteiger partial charge in [0.15, 0.2) is 0 Å². The number of halogens is 3. The Kier molecular flexibility index (Phi) is 6.57. The van der Waals surface area contributed by atoms with Crippen molar-refractivity contribution in [2.24, 2.45) is 17.8 Å². The summed E-state index contributed by atoms with van der Waals surface area (Å²) >= 11 is 0. The molecule has 0 radical (unpaired) electrons. The molecule has 2 fully saturated rings. The highest BCUT2D eigenvalue weighted by molar-refractivity contribution is 5.79. The molecule has 1 saturated carbocycles. The Hall–Kier alpha value is -2.32. The molecule has 1 amide bonds. The second-order valence-electron chi connectivity index (χ2n) is 8.60. The van der Waals surface area contributed by atoms with E-state index in [2.05, 4.69) is 19.2 Å². The zero-order valence-electron chi connectivity index (χ0n) is 17.2. The Labute approximate surface area is 174 Å². The topological polar surface area (TPSA) is 75.5 Å². The number of benzene rings is 1. The van der Waals surface area contributed by atoms with E-state index in [1.54, 1.807) is 4.90 Å². The fourth-order valence-electron chi connectivity index (χ4n) is 4.58. The monoisotopic (exact) mass is 427 g/mol. The van der Waals surface area contributed by atoms with E-state index >= 15 is 0 Å². The van der Waals surface area contributed by atoms with Gasteiger partial charge in [0.1, 0.15) is 5.69 Å². The summed E-state index contributed by atoms with van der Waals surface area (Å²) in [6.45, 7) is 5.15. The lowest BCUT2D eigenvalue weighted by Crippen LogP contribution is -2.48. The SMILES string of the molecule is CC1CCCC(NC(=O)C2CCN(c3ccc(C(F)(F)F)cc3[N+](=O)[O-])CC2)C1C. The number of nitrogens with one attached hydrogen (secondary N) is 1. The maximum atomic E-state index is 12.9. The van der Waals surface area contributed by atoms with Gasteiger partial charge in [-0.25, -0.2) is 0 Å². The molecule has 6 nitrogen and oxygen atoms in total. The van der Waals surface area contributed by atoms with Gasteiger partial charge in [0, 0.05) is 31.1 Å². The quantitative estimate of drug-likeness (QED) is 0.555. The van der Waals surface area contributed by atoms with Crippen LogP contribution in [0.4, 0.5) is 24.5 Å². The standard InChI is InChI=1S/C21H28F3N3O3/c1-13-4-3-5-17(14(13)2)25-20(28)15-8-10-26(11-9-15)18-7-6-16(21(22,23)24)12-19(18)27(29)30/h6-7,12-15,17H,3-5,8-11H2,1-2H3,(H,25,28). The number of amides is 1. The van der Waals surface area contributed by atoms with Crippen LogP contribution in [0.2, 0.25) is 0 Å². The van der Waals surface area contributed by atoms with Gasteiger partial charge in [0.2, 0.25) is 5.91 Å². The first-order valence-electron chi connectivity index (χ1n) is 10.5. The highest BCUT2D eigenvalue weighted by Gasteiger charge is 2.35. The molecule has 1 heterocycles. The predicted molar refractivity (Wildman–Crippen MR) is 107 cm³/mol. The van der Waals surface area contributed by atoms with Crippen molar-refractivity contribution in [1.29, 1.82) is 0 Å². The minimum Gasteiger partial charge on any atom is -0.366 e. The van der Waals surface area contributed by atoms with E-state index in [9.17, 15) is 28.1 Å². The summed E-state index contributed by atoms with van der Waals surface area (Å²) in [5, 5.41) is 14.5. The molecule has 0 bridgehead atoms. The van der Waals surface area contributed by atoms with Gasteiger partial charge in [0.05, 0.1) is 10.5 Å². The van der Waals surface area contributed by atoms with Crippen LogP contribution in [-0.2, 0) is 11.0 Å². The molecule has 1 aliphatic heterocycles. The van der Waals surface area contributed by atoms with Crippen molar-refractivity contribution >= 4 is 17.3 Å². The molecule has 9 heteroatoms. The number of rotatable bonds is 4. The second-order valence-corrected chi connectivity index (χ2v) is 8.60. The van der Waals surface area contributed by atoms with Gasteiger partial charge in [-0.2, -0.15) is 13.2 Å². The van der Waals surface area contributed by atoms with Gasteiger partial charge in [-0.05, 0) is 43.2 Å². The van der Waals surface area contributed by atoms with Crippen molar-refractivity contribution in [3.63, 3.8) is 0 Å². The summed E-state index contributed by atoms with van der Waals surface area (Å²) in [5.41, 5.74) is -1.43. The lowest BCUT2D eigenvalue weighted by atomic mass is 9.78. The van der Waals surface area contributed by atoms with Crippen LogP contribution >= 0.6 is 0 Å². The third-order valence-electron chi connectivity index (χ3n) is 6.74. The molecule has 0 aromatic heterocycles. The number of nitrogens with zero attached hydrogens (tertiary/aromatic N) is 2. The maximum absolute atomic E-state index is 12.9. The molecular formula is C21H28F3N3O3. The van der Waals surface area contributed by atoms with Crippen molar-refractivity contribution in [1.82, 2.24) is 5.32 Å². The molecule has 3 rings (SSSR count). The van der Waals surface area contributed by atoms with E-state index in [4.69, 9.17) is 0 Å². The first kappa shape index (κ1) is 22.4. The Morgan fingerprint density at radius 1 is 1.17 bits per heavy atom. The highest BCUT2D eigenvalue weighted by atomic mass is 19.4. The number of carbonyl (C=O) groups excluding carboxylic acids is 1. The number of hydrogen-bond donors (Lipinski definition) is 1. The number of piperidine rings is 1. The predicted octanol–water partition coefficient (Wildman–Crippen LogP) is 4.77. The molecule has 0 spiro atoms. The van der Waals surface area contributed by atoms with Crippen molar-refractivity contribution in [2.75, 3.05) is 18.0 Å². The van der Waals surface area contributed by atoms with Gasteiger partial charge in [-0.1, -0.05) is 26.7 Å². The smallest absolute Gasteiger partial charge is 0.366 e. The van der Waals surface area contributed by atoms with Gasteiger partial charge in [-0.3, -0.25) is 14.9 Å². The molecule has 1 saturated heterocycles. The largest absolute Gasteiger partial charge is 0.416 e. The average molecular weight is 427 g/mol. The highest BCUT2D eigenvalue weighted by Crippen LogP contribution is 2.38. The van der Waals surface area contributed by atoms with E-state index in [1.807, 2.05) is 0 Å². The summed E-state index contributed by atoms with van der Waals surface area (Å²) in [6.07, 6.45) is -0.346. The van der Waals surface area contributed by atoms with Crippen LogP contribution in [-0.4, -0.2) is 30.0 Å². The van der Waals surface area contributed by atoms with Crippen LogP contribution in [0.25, 0.3) is 0 Å². The number of hydrogen-bond acceptors (Lipinski definition) is 4. The maximum Gasteiger partial charge on any atom is 0.416 e. The summed E-state index contributed by atoms with van der Waals surface area (Å²) in [6, 6.07) is 2.79. The summed E-state index contributed by atoms with van der Waals surface area (Å²) in [5.74, 6) is 0.838. The second kappa shape index (κ2) is 8.81. The Morgan fingerprint density at radius 3 is 2.43 bits per heavy atom. The van der Waals surface area contributed by atoms with E-state index in [0.29, 0.717) is 43.8 Å². The van der Waals surface area contributed by atoms with Gasteiger partial charge in [-0.15, -0.1) is 0 Å². The zero-order valence-corrected chi connectivity index (χ0v) is 17.2. The lowest BCUT2D eigenvalue weighted by molar-refractivity contribution is -0.384. The van der Waals surface area contributed by atoms with Crippen molar-refractivity contribution in [3.8, 4) is 0 Å². The summed E-state index contributed by atoms with van der Waals surface area (Å²) < 4.78 is 38.7. The van der Waals surface area contributed by atoms with Crippen LogP contribution in [0, 0.1) is 27.9 Å². The van der Waals surface area contributed by atoms with Crippen molar-refractivity contribution in [3.05, 3.63) is 33.9 Å². The molecule has 166 valence electrons. The molecule has 3 atom stereocenters. The lowest BCUT2D eigenvalue weighted by Gasteiger charge is -2.37. The van der Waals surface area contributed by atoms with E-state index in [-0.39, 0.29) is 23.6 Å². The van der Waals surface area contributed by atoms with Gasteiger partial charge >= 0.3 is 6.18 Å². The third kappa shape index (κ3) is 4.87. The molecule has 1 aromatic carbocycles. The first-order chi connectivity index (χ1) is 14.1. The molecule has 30 heavy (non-hydrogen) atoms. The Morgan fingerprint density at radius 2 is 1.83 bits per heavy atom. The number of anilines is 1. The van der Waals surface area contributed by atoms with Gasteiger partial charge in [0.25, 0.3) is 5.69 Å². The van der Waals surface area contributed by atoms with E-state index < -0.39 is 22.4 Å². The minimum atomic E-state index is -4.64. The fraction of sp³-hybridized carbons (Fsp3) is 0.667. The fourth-order valence-corrected chi connectivity index (χ4v) is 4.58. The Balaban J connectivity index is 1.64. The van der Waals surface area contributed by atoms with Crippen LogP contribution in [0.5, 0.6) is 0 Å². The number of nitro groups is 1. The molecule has 3 unspecified atom stereocenters. The van der Waals surface area contributed by atoms with Crippen LogP contribution in [0.1, 0.15) is 51.5 Å². The number of alkyl halides is 3. The zero-order chi connectivity index (χ0) is 22.1. The normalized spacial score (nSPS) is 25.8. The molecule has 1 aliphatic carbocycles. The van der Waals surface area contributed by atoms with Gasteiger partial charge < -0.3 is 10.2 Å². The third-order valence-corrected chi connectivity index (χ3v) is 6.74. The molecule has 1 N–H and O–H groups in total. The van der Waals surface area contributed by atoms with Crippen LogP contribution < -0.4 is 10.2 Å².